The van der Waals surface area contributed by atoms with Crippen molar-refractivity contribution in [1.82, 2.24) is 5.32 Å². The second kappa shape index (κ2) is 2.29. The van der Waals surface area contributed by atoms with Crippen LogP contribution >= 0.6 is 0 Å². The van der Waals surface area contributed by atoms with Crippen LogP contribution in [0.15, 0.2) is 11.1 Å². The molecule has 1 heterocycles. The number of nitrogens with two attached hydrogens (primary N) is 1. The summed E-state index contributed by atoms with van der Waals surface area (Å²) in [6.07, 6.45) is 0. The highest BCUT2D eigenvalue weighted by molar-refractivity contribution is 5.21. The minimum Gasteiger partial charge on any atom is -0.327 e. The van der Waals surface area contributed by atoms with E-state index in [0.717, 1.165) is 19.6 Å². The van der Waals surface area contributed by atoms with Gasteiger partial charge in [-0.1, -0.05) is 5.57 Å². The second-order valence-corrected chi connectivity index (χ2v) is 2.19. The van der Waals surface area contributed by atoms with Crippen LogP contribution in [0.2, 0.25) is 0 Å². The molecule has 0 aromatic heterocycles. The van der Waals surface area contributed by atoms with Gasteiger partial charge in [0.25, 0.3) is 0 Å². The Balaban J connectivity index is 2.58. The maximum Gasteiger partial charge on any atom is 0.0183 e. The molecule has 0 bridgehead atoms. The molecule has 0 aromatic rings. The molecule has 8 heavy (non-hydrogen) atoms. The highest BCUT2D eigenvalue weighted by atomic mass is 14.9. The summed E-state index contributed by atoms with van der Waals surface area (Å²) in [5.41, 5.74) is 8.23. The van der Waals surface area contributed by atoms with Gasteiger partial charge in [-0.2, -0.15) is 0 Å². The van der Waals surface area contributed by atoms with Crippen molar-refractivity contribution in [2.45, 2.75) is 6.92 Å². The first-order valence-corrected chi connectivity index (χ1v) is 2.93. The largest absolute Gasteiger partial charge is 0.327 e. The van der Waals surface area contributed by atoms with E-state index in [0.29, 0.717) is 0 Å². The lowest BCUT2D eigenvalue weighted by molar-refractivity contribution is 0.855. The standard InChI is InChI=1S/C6H12N2/c1-5-3-8-4-6(5)2-7/h8H,2-4,7H2,1H3. The van der Waals surface area contributed by atoms with E-state index in [2.05, 4.69) is 12.2 Å². The summed E-state index contributed by atoms with van der Waals surface area (Å²) in [6, 6.07) is 0. The van der Waals surface area contributed by atoms with Gasteiger partial charge in [0.1, 0.15) is 0 Å². The number of nitrogens with one attached hydrogen (secondary N) is 1. The molecule has 0 radical (unpaired) electrons. The van der Waals surface area contributed by atoms with Crippen LogP contribution in [0.4, 0.5) is 0 Å². The number of rotatable bonds is 1. The van der Waals surface area contributed by atoms with E-state index < -0.39 is 0 Å². The molecule has 2 heteroatoms. The first-order chi connectivity index (χ1) is 3.84. The molecule has 0 saturated carbocycles. The van der Waals surface area contributed by atoms with Crippen molar-refractivity contribution in [3.8, 4) is 0 Å². The Morgan fingerprint density at radius 1 is 1.62 bits per heavy atom. The Labute approximate surface area is 49.8 Å². The van der Waals surface area contributed by atoms with Gasteiger partial charge in [0, 0.05) is 19.6 Å². The van der Waals surface area contributed by atoms with Crippen molar-refractivity contribution in [1.29, 1.82) is 0 Å². The Morgan fingerprint density at radius 2 is 2.38 bits per heavy atom. The van der Waals surface area contributed by atoms with Crippen molar-refractivity contribution < 1.29 is 0 Å². The molecule has 0 unspecified atom stereocenters. The predicted octanol–water partition coefficient (Wildman–Crippen LogP) is -0.135. The van der Waals surface area contributed by atoms with E-state index in [-0.39, 0.29) is 0 Å². The molecule has 0 fully saturated rings. The minimum absolute atomic E-state index is 0.721. The lowest BCUT2D eigenvalue weighted by atomic mass is 10.2. The van der Waals surface area contributed by atoms with Gasteiger partial charge in [-0.15, -0.1) is 0 Å². The van der Waals surface area contributed by atoms with Crippen molar-refractivity contribution in [3.63, 3.8) is 0 Å². The van der Waals surface area contributed by atoms with Gasteiger partial charge in [0.05, 0.1) is 0 Å². The summed E-state index contributed by atoms with van der Waals surface area (Å²) in [5.74, 6) is 0. The van der Waals surface area contributed by atoms with Gasteiger partial charge in [-0.05, 0) is 12.5 Å². The molecule has 2 nitrogen and oxygen atoms in total. The average Bonchev–Trinajstić information content (AvgIpc) is 2.14. The summed E-state index contributed by atoms with van der Waals surface area (Å²) in [6.45, 7) is 4.88. The normalized spacial score (nSPS) is 20.2. The van der Waals surface area contributed by atoms with Gasteiger partial charge < -0.3 is 11.1 Å². The van der Waals surface area contributed by atoms with E-state index in [1.807, 2.05) is 0 Å². The van der Waals surface area contributed by atoms with Crippen LogP contribution in [0.5, 0.6) is 0 Å². The molecule has 1 rings (SSSR count). The van der Waals surface area contributed by atoms with Gasteiger partial charge in [0.15, 0.2) is 0 Å². The van der Waals surface area contributed by atoms with Crippen LogP contribution in [0.25, 0.3) is 0 Å². The minimum atomic E-state index is 0.721. The molecule has 3 N–H and O–H groups in total. The first-order valence-electron chi connectivity index (χ1n) is 2.93. The van der Waals surface area contributed by atoms with Gasteiger partial charge in [0.2, 0.25) is 0 Å². The fourth-order valence-corrected chi connectivity index (χ4v) is 0.923. The maximum absolute atomic E-state index is 5.43. The van der Waals surface area contributed by atoms with Gasteiger partial charge >= 0.3 is 0 Å². The first kappa shape index (κ1) is 5.79. The SMILES string of the molecule is CC1=C(CN)CNC1. The summed E-state index contributed by atoms with van der Waals surface area (Å²) >= 11 is 0. The Morgan fingerprint density at radius 3 is 2.62 bits per heavy atom. The van der Waals surface area contributed by atoms with Crippen molar-refractivity contribution >= 4 is 0 Å². The highest BCUT2D eigenvalue weighted by Crippen LogP contribution is 2.05. The molecule has 46 valence electrons. The van der Waals surface area contributed by atoms with Crippen LogP contribution in [0.3, 0.4) is 0 Å². The zero-order valence-corrected chi connectivity index (χ0v) is 5.20. The number of hydrogen-bond donors (Lipinski definition) is 2. The third kappa shape index (κ3) is 0.904. The zero-order valence-electron chi connectivity index (χ0n) is 5.20. The fourth-order valence-electron chi connectivity index (χ4n) is 0.923. The van der Waals surface area contributed by atoms with Crippen molar-refractivity contribution in [2.75, 3.05) is 19.6 Å². The Hall–Kier alpha value is -0.340. The van der Waals surface area contributed by atoms with Crippen molar-refractivity contribution in [3.05, 3.63) is 11.1 Å². The molecule has 0 spiro atoms. The van der Waals surface area contributed by atoms with Crippen LogP contribution in [0, 0.1) is 0 Å². The van der Waals surface area contributed by atoms with E-state index in [4.69, 9.17) is 5.73 Å². The molecule has 0 saturated heterocycles. The molecule has 1 aliphatic rings. The quantitative estimate of drug-likeness (QED) is 0.463. The van der Waals surface area contributed by atoms with Crippen LogP contribution in [-0.4, -0.2) is 19.6 Å². The van der Waals surface area contributed by atoms with Crippen LogP contribution in [0.1, 0.15) is 6.92 Å². The fraction of sp³-hybridized carbons (Fsp3) is 0.667. The maximum atomic E-state index is 5.43. The smallest absolute Gasteiger partial charge is 0.0183 e. The predicted molar refractivity (Wildman–Crippen MR) is 34.6 cm³/mol. The van der Waals surface area contributed by atoms with E-state index in [1.54, 1.807) is 0 Å². The average molecular weight is 112 g/mol. The van der Waals surface area contributed by atoms with Crippen LogP contribution in [-0.2, 0) is 0 Å². The van der Waals surface area contributed by atoms with Gasteiger partial charge in [-0.25, -0.2) is 0 Å². The van der Waals surface area contributed by atoms with E-state index >= 15 is 0 Å². The Bertz CT molecular complexity index is 116. The summed E-state index contributed by atoms with van der Waals surface area (Å²) < 4.78 is 0. The molecule has 1 aliphatic heterocycles. The third-order valence-electron chi connectivity index (χ3n) is 1.58. The monoisotopic (exact) mass is 112 g/mol. The molecule has 0 atom stereocenters. The lowest BCUT2D eigenvalue weighted by Gasteiger charge is -1.93. The number of hydrogen-bond acceptors (Lipinski definition) is 2. The topological polar surface area (TPSA) is 38.0 Å². The molecule has 0 aromatic carbocycles. The molecular formula is C6H12N2. The zero-order chi connectivity index (χ0) is 5.98. The highest BCUT2D eigenvalue weighted by Gasteiger charge is 2.06. The van der Waals surface area contributed by atoms with E-state index in [9.17, 15) is 0 Å². The summed E-state index contributed by atoms with van der Waals surface area (Å²) in [5, 5.41) is 3.22. The third-order valence-corrected chi connectivity index (χ3v) is 1.58. The van der Waals surface area contributed by atoms with Crippen LogP contribution < -0.4 is 11.1 Å². The molecule has 0 aliphatic carbocycles. The summed E-state index contributed by atoms with van der Waals surface area (Å²) in [4.78, 5) is 0. The summed E-state index contributed by atoms with van der Waals surface area (Å²) in [7, 11) is 0. The Kier molecular flexibility index (Phi) is 1.65. The van der Waals surface area contributed by atoms with Crippen molar-refractivity contribution in [2.24, 2.45) is 5.73 Å². The van der Waals surface area contributed by atoms with E-state index in [1.165, 1.54) is 11.1 Å². The molecule has 0 amide bonds. The van der Waals surface area contributed by atoms with Gasteiger partial charge in [-0.3, -0.25) is 0 Å². The molecular weight excluding hydrogens is 100 g/mol. The lowest BCUT2D eigenvalue weighted by Crippen LogP contribution is -2.12. The second-order valence-electron chi connectivity index (χ2n) is 2.19.